The first-order chi connectivity index (χ1) is 14.4. The number of nitrogens with zero attached hydrogens (tertiary/aromatic N) is 2. The van der Waals surface area contributed by atoms with Gasteiger partial charge in [0.2, 0.25) is 0 Å². The van der Waals surface area contributed by atoms with Crippen molar-refractivity contribution >= 4 is 17.7 Å². The molecule has 0 saturated heterocycles. The summed E-state index contributed by atoms with van der Waals surface area (Å²) in [6.45, 7) is 2.13. The Kier molecular flexibility index (Phi) is 7.94. The topological polar surface area (TPSA) is 114 Å². The minimum Gasteiger partial charge on any atom is -0.493 e. The Labute approximate surface area is 174 Å². The predicted octanol–water partition coefficient (Wildman–Crippen LogP) is 3.44. The highest BCUT2D eigenvalue weighted by Gasteiger charge is 2.14. The van der Waals surface area contributed by atoms with Crippen molar-refractivity contribution in [1.82, 2.24) is 5.32 Å². The van der Waals surface area contributed by atoms with Gasteiger partial charge in [-0.05, 0) is 42.2 Å². The fourth-order valence-electron chi connectivity index (χ4n) is 2.91. The molecule has 0 atom stereocenters. The third-order valence-electron chi connectivity index (χ3n) is 4.51. The normalized spacial score (nSPS) is 10.8. The molecule has 0 unspecified atom stereocenters. The maximum absolute atomic E-state index is 12.4. The van der Waals surface area contributed by atoms with Gasteiger partial charge in [-0.3, -0.25) is 14.9 Å². The summed E-state index contributed by atoms with van der Waals surface area (Å²) in [5.41, 5.74) is 1.79. The average Bonchev–Trinajstić information content (AvgIpc) is 2.76. The number of benzene rings is 2. The molecule has 0 fully saturated rings. The Bertz CT molecular complexity index is 1010. The van der Waals surface area contributed by atoms with Gasteiger partial charge in [0.1, 0.15) is 11.6 Å². The third-order valence-corrected chi connectivity index (χ3v) is 4.51. The molecule has 30 heavy (non-hydrogen) atoms. The Morgan fingerprint density at radius 3 is 2.53 bits per heavy atom. The van der Waals surface area contributed by atoms with Crippen LogP contribution in [0.1, 0.15) is 23.6 Å². The number of nitro groups is 1. The zero-order valence-corrected chi connectivity index (χ0v) is 17.1. The number of nitro benzene ring substituents is 1. The fraction of sp³-hybridized carbons (Fsp3) is 0.273. The summed E-state index contributed by atoms with van der Waals surface area (Å²) in [5, 5.41) is 23.2. The predicted molar refractivity (Wildman–Crippen MR) is 112 cm³/mol. The molecule has 2 rings (SSSR count). The SMILES string of the molecule is CCc1ccc(/C=C(\C#N)C(=O)NCCc2ccc(OC)c(OC)c2)cc1[N+](=O)[O-]. The molecule has 2 aromatic rings. The van der Waals surface area contributed by atoms with Crippen molar-refractivity contribution in [3.63, 3.8) is 0 Å². The van der Waals surface area contributed by atoms with Gasteiger partial charge in [-0.25, -0.2) is 0 Å². The third kappa shape index (κ3) is 5.58. The summed E-state index contributed by atoms with van der Waals surface area (Å²) in [5.74, 6) is 0.666. The van der Waals surface area contributed by atoms with Crippen molar-refractivity contribution in [1.29, 1.82) is 5.26 Å². The van der Waals surface area contributed by atoms with Gasteiger partial charge in [-0.15, -0.1) is 0 Å². The summed E-state index contributed by atoms with van der Waals surface area (Å²) in [6.07, 6.45) is 2.39. The molecule has 8 nitrogen and oxygen atoms in total. The Hall–Kier alpha value is -3.86. The number of aryl methyl sites for hydroxylation is 1. The standard InChI is InChI=1S/C22H23N3O5/c1-4-17-7-5-16(12-19(17)25(27)28)11-18(14-23)22(26)24-10-9-15-6-8-20(29-2)21(13-15)30-3/h5-8,11-13H,4,9-10H2,1-3H3,(H,24,26)/b18-11+. The van der Waals surface area contributed by atoms with Crippen LogP contribution in [0.15, 0.2) is 42.0 Å². The number of hydrogen-bond acceptors (Lipinski definition) is 6. The summed E-state index contributed by atoms with van der Waals surface area (Å²) in [6, 6.07) is 12.0. The molecule has 1 amide bonds. The zero-order chi connectivity index (χ0) is 22.1. The first-order valence-corrected chi connectivity index (χ1v) is 9.31. The molecule has 0 saturated carbocycles. The molecule has 8 heteroatoms. The minimum absolute atomic E-state index is 0.0302. The number of rotatable bonds is 9. The van der Waals surface area contributed by atoms with E-state index in [1.165, 1.54) is 12.1 Å². The van der Waals surface area contributed by atoms with Crippen LogP contribution in [-0.4, -0.2) is 31.6 Å². The second-order valence-corrected chi connectivity index (χ2v) is 6.36. The minimum atomic E-state index is -0.541. The summed E-state index contributed by atoms with van der Waals surface area (Å²) >= 11 is 0. The lowest BCUT2D eigenvalue weighted by atomic mass is 10.0. The second-order valence-electron chi connectivity index (χ2n) is 6.36. The van der Waals surface area contributed by atoms with Gasteiger partial charge in [0, 0.05) is 18.2 Å². The maximum atomic E-state index is 12.4. The van der Waals surface area contributed by atoms with Crippen LogP contribution in [0.3, 0.4) is 0 Å². The Morgan fingerprint density at radius 2 is 1.93 bits per heavy atom. The van der Waals surface area contributed by atoms with E-state index < -0.39 is 10.8 Å². The van der Waals surface area contributed by atoms with Gasteiger partial charge >= 0.3 is 0 Å². The molecule has 2 aromatic carbocycles. The highest BCUT2D eigenvalue weighted by atomic mass is 16.6. The summed E-state index contributed by atoms with van der Waals surface area (Å²) in [7, 11) is 3.10. The van der Waals surface area contributed by atoms with Crippen molar-refractivity contribution in [3.8, 4) is 17.6 Å². The van der Waals surface area contributed by atoms with E-state index in [2.05, 4.69) is 5.32 Å². The fourth-order valence-corrected chi connectivity index (χ4v) is 2.91. The van der Waals surface area contributed by atoms with Gasteiger partial charge in [-0.2, -0.15) is 5.26 Å². The van der Waals surface area contributed by atoms with Gasteiger partial charge in [0.15, 0.2) is 11.5 Å². The van der Waals surface area contributed by atoms with Crippen molar-refractivity contribution in [2.24, 2.45) is 0 Å². The number of methoxy groups -OCH3 is 2. The van der Waals surface area contributed by atoms with Gasteiger partial charge in [0.05, 0.1) is 19.1 Å². The molecule has 0 bridgehead atoms. The van der Waals surface area contributed by atoms with Crippen molar-refractivity contribution in [3.05, 3.63) is 68.8 Å². The number of nitriles is 1. The quantitative estimate of drug-likeness (QED) is 0.294. The number of carbonyl (C=O) groups is 1. The number of hydrogen-bond donors (Lipinski definition) is 1. The molecular formula is C22H23N3O5. The van der Waals surface area contributed by atoms with Crippen LogP contribution in [-0.2, 0) is 17.6 Å². The molecule has 156 valence electrons. The number of carbonyl (C=O) groups excluding carboxylic acids is 1. The first kappa shape index (κ1) is 22.4. The molecule has 1 N–H and O–H groups in total. The van der Waals surface area contributed by atoms with Crippen LogP contribution in [0, 0.1) is 21.4 Å². The van der Waals surface area contributed by atoms with Crippen LogP contribution in [0.5, 0.6) is 11.5 Å². The van der Waals surface area contributed by atoms with Gasteiger partial charge in [-0.1, -0.05) is 25.1 Å². The summed E-state index contributed by atoms with van der Waals surface area (Å²) < 4.78 is 10.5. The monoisotopic (exact) mass is 409 g/mol. The number of ether oxygens (including phenoxy) is 2. The zero-order valence-electron chi connectivity index (χ0n) is 17.1. The van der Waals surface area contributed by atoms with Crippen molar-refractivity contribution in [2.45, 2.75) is 19.8 Å². The molecule has 0 heterocycles. The Balaban J connectivity index is 2.07. The lowest BCUT2D eigenvalue weighted by Gasteiger charge is -2.10. The average molecular weight is 409 g/mol. The van der Waals surface area contributed by atoms with E-state index in [9.17, 15) is 20.2 Å². The van der Waals surface area contributed by atoms with Crippen LogP contribution >= 0.6 is 0 Å². The second kappa shape index (κ2) is 10.6. The van der Waals surface area contributed by atoms with Crippen LogP contribution in [0.25, 0.3) is 6.08 Å². The van der Waals surface area contributed by atoms with E-state index in [0.29, 0.717) is 42.0 Å². The van der Waals surface area contributed by atoms with Gasteiger partial charge in [0.25, 0.3) is 11.6 Å². The van der Waals surface area contributed by atoms with Crippen LogP contribution in [0.4, 0.5) is 5.69 Å². The Morgan fingerprint density at radius 1 is 1.20 bits per heavy atom. The van der Waals surface area contributed by atoms with E-state index in [0.717, 1.165) is 5.56 Å². The summed E-state index contributed by atoms with van der Waals surface area (Å²) in [4.78, 5) is 23.1. The van der Waals surface area contributed by atoms with Gasteiger partial charge < -0.3 is 14.8 Å². The molecule has 0 spiro atoms. The molecule has 0 aliphatic rings. The lowest BCUT2D eigenvalue weighted by Crippen LogP contribution is -2.26. The van der Waals surface area contributed by atoms with E-state index in [1.807, 2.05) is 25.1 Å². The van der Waals surface area contributed by atoms with Crippen molar-refractivity contribution < 1.29 is 19.2 Å². The van der Waals surface area contributed by atoms with E-state index in [1.54, 1.807) is 32.4 Å². The first-order valence-electron chi connectivity index (χ1n) is 9.31. The van der Waals surface area contributed by atoms with E-state index >= 15 is 0 Å². The molecule has 0 radical (unpaired) electrons. The molecule has 0 aliphatic carbocycles. The number of nitrogens with one attached hydrogen (secondary N) is 1. The van der Waals surface area contributed by atoms with Crippen LogP contribution in [0.2, 0.25) is 0 Å². The molecular weight excluding hydrogens is 386 g/mol. The highest BCUT2D eigenvalue weighted by Crippen LogP contribution is 2.27. The molecule has 0 aromatic heterocycles. The largest absolute Gasteiger partial charge is 0.493 e. The molecule has 0 aliphatic heterocycles. The van der Waals surface area contributed by atoms with Crippen molar-refractivity contribution in [2.75, 3.05) is 20.8 Å². The van der Waals surface area contributed by atoms with Crippen LogP contribution < -0.4 is 14.8 Å². The number of amides is 1. The lowest BCUT2D eigenvalue weighted by molar-refractivity contribution is -0.385. The highest BCUT2D eigenvalue weighted by molar-refractivity contribution is 6.01. The maximum Gasteiger partial charge on any atom is 0.273 e. The van der Waals surface area contributed by atoms with E-state index in [4.69, 9.17) is 9.47 Å². The smallest absolute Gasteiger partial charge is 0.273 e. The van der Waals surface area contributed by atoms with E-state index in [-0.39, 0.29) is 11.3 Å².